The van der Waals surface area contributed by atoms with E-state index < -0.39 is 0 Å². The van der Waals surface area contributed by atoms with Crippen LogP contribution in [-0.2, 0) is 13.6 Å². The van der Waals surface area contributed by atoms with Crippen molar-refractivity contribution in [2.24, 2.45) is 7.05 Å². The number of carbonyl (C=O) groups is 1. The standard InChI is InChI=1S/C13H15BrN4O/c1-8-9(7-18(2)17-8)6-16-13(19)11-4-3-10(14)5-12(11)15/h3-5,7H,6,15H2,1-2H3,(H,16,19). The largest absolute Gasteiger partial charge is 0.398 e. The van der Waals surface area contributed by atoms with Crippen LogP contribution in [0.4, 0.5) is 5.69 Å². The molecule has 3 N–H and O–H groups in total. The zero-order chi connectivity index (χ0) is 14.0. The number of halogens is 1. The molecule has 0 radical (unpaired) electrons. The second kappa shape index (κ2) is 5.44. The predicted molar refractivity (Wildman–Crippen MR) is 77.7 cm³/mol. The smallest absolute Gasteiger partial charge is 0.253 e. The van der Waals surface area contributed by atoms with Gasteiger partial charge in [-0.1, -0.05) is 15.9 Å². The maximum absolute atomic E-state index is 12.0. The number of nitrogen functional groups attached to an aromatic ring is 1. The van der Waals surface area contributed by atoms with Crippen LogP contribution in [0.3, 0.4) is 0 Å². The van der Waals surface area contributed by atoms with Crippen molar-refractivity contribution in [1.82, 2.24) is 15.1 Å². The summed E-state index contributed by atoms with van der Waals surface area (Å²) in [5.41, 5.74) is 8.65. The highest BCUT2D eigenvalue weighted by Gasteiger charge is 2.11. The van der Waals surface area contributed by atoms with Crippen molar-refractivity contribution in [2.45, 2.75) is 13.5 Å². The van der Waals surface area contributed by atoms with Crippen molar-refractivity contribution >= 4 is 27.5 Å². The van der Waals surface area contributed by atoms with Crippen molar-refractivity contribution in [1.29, 1.82) is 0 Å². The molecule has 5 nitrogen and oxygen atoms in total. The van der Waals surface area contributed by atoms with E-state index in [2.05, 4.69) is 26.3 Å². The first kappa shape index (κ1) is 13.6. The van der Waals surface area contributed by atoms with Gasteiger partial charge >= 0.3 is 0 Å². The van der Waals surface area contributed by atoms with Crippen LogP contribution in [0.25, 0.3) is 0 Å². The minimum Gasteiger partial charge on any atom is -0.398 e. The van der Waals surface area contributed by atoms with Crippen LogP contribution < -0.4 is 11.1 Å². The van der Waals surface area contributed by atoms with Crippen molar-refractivity contribution in [3.05, 3.63) is 45.7 Å². The lowest BCUT2D eigenvalue weighted by atomic mass is 10.1. The van der Waals surface area contributed by atoms with Gasteiger partial charge in [-0.2, -0.15) is 5.10 Å². The summed E-state index contributed by atoms with van der Waals surface area (Å²) in [4.78, 5) is 12.0. The Morgan fingerprint density at radius 1 is 1.53 bits per heavy atom. The number of anilines is 1. The minimum atomic E-state index is -0.187. The number of nitrogens with one attached hydrogen (secondary N) is 1. The molecule has 2 aromatic rings. The normalized spacial score (nSPS) is 10.5. The van der Waals surface area contributed by atoms with Crippen LogP contribution in [0.15, 0.2) is 28.9 Å². The molecule has 1 amide bonds. The Balaban J connectivity index is 2.07. The predicted octanol–water partition coefficient (Wildman–Crippen LogP) is 2.00. The number of aryl methyl sites for hydroxylation is 2. The molecule has 0 aliphatic carbocycles. The summed E-state index contributed by atoms with van der Waals surface area (Å²) in [6, 6.07) is 5.20. The van der Waals surface area contributed by atoms with Crippen LogP contribution in [0.2, 0.25) is 0 Å². The van der Waals surface area contributed by atoms with Gasteiger partial charge in [0.2, 0.25) is 0 Å². The van der Waals surface area contributed by atoms with Crippen molar-refractivity contribution in [2.75, 3.05) is 5.73 Å². The summed E-state index contributed by atoms with van der Waals surface area (Å²) in [5, 5.41) is 7.07. The second-order valence-electron chi connectivity index (χ2n) is 4.33. The Labute approximate surface area is 119 Å². The van der Waals surface area contributed by atoms with Gasteiger partial charge in [0.15, 0.2) is 0 Å². The van der Waals surface area contributed by atoms with E-state index in [1.807, 2.05) is 20.2 Å². The first-order chi connectivity index (χ1) is 8.97. The average molecular weight is 323 g/mol. The summed E-state index contributed by atoms with van der Waals surface area (Å²) >= 11 is 3.31. The zero-order valence-corrected chi connectivity index (χ0v) is 12.4. The molecule has 0 saturated heterocycles. The molecule has 0 bridgehead atoms. The molecule has 100 valence electrons. The summed E-state index contributed by atoms with van der Waals surface area (Å²) in [6.45, 7) is 2.35. The SMILES string of the molecule is Cc1nn(C)cc1CNC(=O)c1ccc(Br)cc1N. The number of hydrogen-bond acceptors (Lipinski definition) is 3. The van der Waals surface area contributed by atoms with Crippen LogP contribution in [0.1, 0.15) is 21.6 Å². The molecule has 1 aromatic carbocycles. The highest BCUT2D eigenvalue weighted by atomic mass is 79.9. The summed E-state index contributed by atoms with van der Waals surface area (Å²) < 4.78 is 2.58. The van der Waals surface area contributed by atoms with Gasteiger partial charge in [0, 0.05) is 35.5 Å². The van der Waals surface area contributed by atoms with Crippen LogP contribution >= 0.6 is 15.9 Å². The third kappa shape index (κ3) is 3.14. The zero-order valence-electron chi connectivity index (χ0n) is 10.8. The topological polar surface area (TPSA) is 72.9 Å². The van der Waals surface area contributed by atoms with Gasteiger partial charge in [0.25, 0.3) is 5.91 Å². The number of benzene rings is 1. The average Bonchev–Trinajstić information content (AvgIpc) is 2.65. The van der Waals surface area contributed by atoms with Crippen molar-refractivity contribution < 1.29 is 4.79 Å². The third-order valence-electron chi connectivity index (χ3n) is 2.81. The molecule has 2 rings (SSSR count). The molecule has 0 aliphatic rings. The van der Waals surface area contributed by atoms with Crippen LogP contribution in [0.5, 0.6) is 0 Å². The fourth-order valence-corrected chi connectivity index (χ4v) is 2.21. The Hall–Kier alpha value is -1.82. The van der Waals surface area contributed by atoms with E-state index in [0.29, 0.717) is 17.8 Å². The Morgan fingerprint density at radius 3 is 2.84 bits per heavy atom. The Bertz CT molecular complexity index is 621. The first-order valence-electron chi connectivity index (χ1n) is 5.79. The van der Waals surface area contributed by atoms with Gasteiger partial charge in [-0.25, -0.2) is 0 Å². The number of aromatic nitrogens is 2. The molecule has 0 unspecified atom stereocenters. The Kier molecular flexibility index (Phi) is 3.90. The quantitative estimate of drug-likeness (QED) is 0.849. The molecular formula is C13H15BrN4O. The fraction of sp³-hybridized carbons (Fsp3) is 0.231. The van der Waals surface area contributed by atoms with E-state index >= 15 is 0 Å². The first-order valence-corrected chi connectivity index (χ1v) is 6.59. The molecule has 0 saturated carbocycles. The van der Waals surface area contributed by atoms with Gasteiger partial charge in [0.05, 0.1) is 11.3 Å². The molecule has 19 heavy (non-hydrogen) atoms. The fourth-order valence-electron chi connectivity index (χ4n) is 1.83. The molecule has 1 heterocycles. The van der Waals surface area contributed by atoms with Gasteiger partial charge in [0.1, 0.15) is 0 Å². The summed E-state index contributed by atoms with van der Waals surface area (Å²) in [7, 11) is 1.85. The van der Waals surface area contributed by atoms with Gasteiger partial charge in [-0.15, -0.1) is 0 Å². The lowest BCUT2D eigenvalue weighted by Gasteiger charge is -2.07. The van der Waals surface area contributed by atoms with E-state index in [1.54, 1.807) is 22.9 Å². The number of carbonyl (C=O) groups excluding carboxylic acids is 1. The van der Waals surface area contributed by atoms with E-state index in [4.69, 9.17) is 5.73 Å². The highest BCUT2D eigenvalue weighted by Crippen LogP contribution is 2.18. The number of nitrogens with zero attached hydrogens (tertiary/aromatic N) is 2. The molecular weight excluding hydrogens is 308 g/mol. The molecule has 0 atom stereocenters. The maximum atomic E-state index is 12.0. The van der Waals surface area contributed by atoms with Crippen molar-refractivity contribution in [3.63, 3.8) is 0 Å². The van der Waals surface area contributed by atoms with E-state index in [1.165, 1.54) is 0 Å². The van der Waals surface area contributed by atoms with E-state index in [-0.39, 0.29) is 5.91 Å². The van der Waals surface area contributed by atoms with Gasteiger partial charge < -0.3 is 11.1 Å². The van der Waals surface area contributed by atoms with Crippen LogP contribution in [0, 0.1) is 6.92 Å². The maximum Gasteiger partial charge on any atom is 0.253 e. The van der Waals surface area contributed by atoms with Crippen molar-refractivity contribution in [3.8, 4) is 0 Å². The summed E-state index contributed by atoms with van der Waals surface area (Å²) in [5.74, 6) is -0.187. The molecule has 6 heteroatoms. The van der Waals surface area contributed by atoms with E-state index in [9.17, 15) is 4.79 Å². The molecule has 0 spiro atoms. The molecule has 0 aliphatic heterocycles. The highest BCUT2D eigenvalue weighted by molar-refractivity contribution is 9.10. The molecule has 1 aromatic heterocycles. The monoisotopic (exact) mass is 322 g/mol. The number of rotatable bonds is 3. The van der Waals surface area contributed by atoms with Crippen LogP contribution in [-0.4, -0.2) is 15.7 Å². The molecule has 0 fully saturated rings. The number of hydrogen-bond donors (Lipinski definition) is 2. The van der Waals surface area contributed by atoms with E-state index in [0.717, 1.165) is 15.7 Å². The van der Waals surface area contributed by atoms with Gasteiger partial charge in [-0.05, 0) is 25.1 Å². The number of amides is 1. The Morgan fingerprint density at radius 2 is 2.26 bits per heavy atom. The summed E-state index contributed by atoms with van der Waals surface area (Å²) in [6.07, 6.45) is 1.89. The number of nitrogens with two attached hydrogens (primary N) is 1. The second-order valence-corrected chi connectivity index (χ2v) is 5.24. The lowest BCUT2D eigenvalue weighted by molar-refractivity contribution is 0.0952. The lowest BCUT2D eigenvalue weighted by Crippen LogP contribution is -2.23. The third-order valence-corrected chi connectivity index (χ3v) is 3.31. The minimum absolute atomic E-state index is 0.187. The van der Waals surface area contributed by atoms with Gasteiger partial charge in [-0.3, -0.25) is 9.48 Å².